The number of nitrogens with zero attached hydrogens (tertiary/aromatic N) is 3. The molecule has 3 aromatic rings. The zero-order valence-corrected chi connectivity index (χ0v) is 14.3. The second kappa shape index (κ2) is 7.66. The van der Waals surface area contributed by atoms with E-state index in [9.17, 15) is 10.1 Å². The monoisotopic (exact) mass is 370 g/mol. The second-order valence-corrected chi connectivity index (χ2v) is 5.80. The quantitative estimate of drug-likeness (QED) is 0.443. The van der Waals surface area contributed by atoms with E-state index in [1.807, 2.05) is 30.3 Å². The lowest BCUT2D eigenvalue weighted by atomic mass is 10.2. The van der Waals surface area contributed by atoms with Gasteiger partial charge in [-0.3, -0.25) is 10.1 Å². The van der Waals surface area contributed by atoms with E-state index >= 15 is 0 Å². The van der Waals surface area contributed by atoms with Gasteiger partial charge in [0.15, 0.2) is 0 Å². The molecule has 3 rings (SSSR count). The van der Waals surface area contributed by atoms with Crippen LogP contribution >= 0.6 is 11.6 Å². The van der Waals surface area contributed by atoms with Crippen LogP contribution in [0.5, 0.6) is 0 Å². The topological polar surface area (TPSA) is 119 Å². The minimum absolute atomic E-state index is 0.0136. The number of benzene rings is 2. The standard InChI is InChI=1S/C17H15ClN6O2/c18-12-7-4-8-13(9-12)21-16-14(24(25)26)15(19)22-17(23-16)20-10-11-5-2-1-3-6-11/h1-9H,10H2,(H4,19,20,21,22,23). The molecule has 0 radical (unpaired) electrons. The normalized spacial score (nSPS) is 10.3. The first-order valence-corrected chi connectivity index (χ1v) is 8.03. The molecule has 8 nitrogen and oxygen atoms in total. The van der Waals surface area contributed by atoms with Crippen molar-refractivity contribution < 1.29 is 4.92 Å². The van der Waals surface area contributed by atoms with Crippen molar-refractivity contribution in [1.29, 1.82) is 0 Å². The molecule has 9 heteroatoms. The molecule has 0 aliphatic heterocycles. The zero-order valence-electron chi connectivity index (χ0n) is 13.5. The van der Waals surface area contributed by atoms with Crippen molar-refractivity contribution in [2.45, 2.75) is 6.54 Å². The van der Waals surface area contributed by atoms with Gasteiger partial charge in [-0.05, 0) is 23.8 Å². The molecule has 0 aliphatic carbocycles. The predicted molar refractivity (Wildman–Crippen MR) is 102 cm³/mol. The Labute approximate surface area is 154 Å². The van der Waals surface area contributed by atoms with E-state index in [1.54, 1.807) is 24.3 Å². The molecule has 2 aromatic carbocycles. The average molecular weight is 371 g/mol. The fourth-order valence-electron chi connectivity index (χ4n) is 2.30. The highest BCUT2D eigenvalue weighted by Gasteiger charge is 2.23. The molecule has 1 aromatic heterocycles. The Balaban J connectivity index is 1.90. The lowest BCUT2D eigenvalue weighted by Gasteiger charge is -2.11. The van der Waals surface area contributed by atoms with Crippen molar-refractivity contribution in [2.24, 2.45) is 0 Å². The molecule has 4 N–H and O–H groups in total. The highest BCUT2D eigenvalue weighted by molar-refractivity contribution is 6.30. The minimum Gasteiger partial charge on any atom is -0.378 e. The molecule has 0 spiro atoms. The summed E-state index contributed by atoms with van der Waals surface area (Å²) in [6, 6.07) is 16.4. The summed E-state index contributed by atoms with van der Waals surface area (Å²) < 4.78 is 0. The highest BCUT2D eigenvalue weighted by Crippen LogP contribution is 2.32. The summed E-state index contributed by atoms with van der Waals surface area (Å²) in [5, 5.41) is 17.7. The van der Waals surface area contributed by atoms with Gasteiger partial charge in [-0.15, -0.1) is 0 Å². The number of rotatable bonds is 6. The van der Waals surface area contributed by atoms with Crippen LogP contribution < -0.4 is 16.4 Å². The first-order chi connectivity index (χ1) is 12.5. The van der Waals surface area contributed by atoms with Gasteiger partial charge in [0.1, 0.15) is 0 Å². The summed E-state index contributed by atoms with van der Waals surface area (Å²) in [6.45, 7) is 0.453. The third-order valence-corrected chi connectivity index (χ3v) is 3.71. The number of nitrogen functional groups attached to an aromatic ring is 1. The van der Waals surface area contributed by atoms with E-state index in [1.165, 1.54) is 0 Å². The average Bonchev–Trinajstić information content (AvgIpc) is 2.60. The third-order valence-electron chi connectivity index (χ3n) is 3.47. The van der Waals surface area contributed by atoms with Gasteiger partial charge in [0.05, 0.1) is 4.92 Å². The third kappa shape index (κ3) is 4.17. The molecule has 0 saturated heterocycles. The van der Waals surface area contributed by atoms with Crippen molar-refractivity contribution in [2.75, 3.05) is 16.4 Å². The van der Waals surface area contributed by atoms with E-state index < -0.39 is 10.6 Å². The molecule has 1 heterocycles. The summed E-state index contributed by atoms with van der Waals surface area (Å²) in [5.41, 5.74) is 6.94. The smallest absolute Gasteiger partial charge is 0.353 e. The fourth-order valence-corrected chi connectivity index (χ4v) is 2.49. The number of hydrogen-bond acceptors (Lipinski definition) is 7. The van der Waals surface area contributed by atoms with E-state index in [2.05, 4.69) is 20.6 Å². The molecule has 26 heavy (non-hydrogen) atoms. The van der Waals surface area contributed by atoms with E-state index in [-0.39, 0.29) is 17.6 Å². The van der Waals surface area contributed by atoms with Crippen molar-refractivity contribution in [3.8, 4) is 0 Å². The Kier molecular flexibility index (Phi) is 5.14. The summed E-state index contributed by atoms with van der Waals surface area (Å²) in [7, 11) is 0. The molecule has 0 aliphatic rings. The van der Waals surface area contributed by atoms with Gasteiger partial charge in [-0.1, -0.05) is 48.0 Å². The Hall–Kier alpha value is -3.39. The van der Waals surface area contributed by atoms with Gasteiger partial charge < -0.3 is 16.4 Å². The van der Waals surface area contributed by atoms with Crippen LogP contribution in [0, 0.1) is 10.1 Å². The van der Waals surface area contributed by atoms with Crippen LogP contribution in [0.15, 0.2) is 54.6 Å². The minimum atomic E-state index is -0.622. The maximum absolute atomic E-state index is 11.3. The molecule has 0 bridgehead atoms. The summed E-state index contributed by atoms with van der Waals surface area (Å²) in [5.74, 6) is -0.0631. The lowest BCUT2D eigenvalue weighted by Crippen LogP contribution is -2.10. The van der Waals surface area contributed by atoms with Gasteiger partial charge in [0.25, 0.3) is 0 Å². The van der Waals surface area contributed by atoms with Gasteiger partial charge in [-0.25, -0.2) is 0 Å². The molecular formula is C17H15ClN6O2. The van der Waals surface area contributed by atoms with Crippen LogP contribution in [0.3, 0.4) is 0 Å². The van der Waals surface area contributed by atoms with Crippen molar-refractivity contribution in [1.82, 2.24) is 9.97 Å². The number of hydrogen-bond donors (Lipinski definition) is 3. The van der Waals surface area contributed by atoms with Gasteiger partial charge >= 0.3 is 5.69 Å². The SMILES string of the molecule is Nc1nc(NCc2ccccc2)nc(Nc2cccc(Cl)c2)c1[N+](=O)[O-]. The second-order valence-electron chi connectivity index (χ2n) is 5.36. The fraction of sp³-hybridized carbons (Fsp3) is 0.0588. The number of nitro groups is 1. The number of nitrogens with two attached hydrogens (primary N) is 1. The van der Waals surface area contributed by atoms with Crippen molar-refractivity contribution in [3.63, 3.8) is 0 Å². The molecular weight excluding hydrogens is 356 g/mol. The predicted octanol–water partition coefficient (Wildman–Crippen LogP) is 3.98. The maximum atomic E-state index is 11.3. The van der Waals surface area contributed by atoms with E-state index in [4.69, 9.17) is 17.3 Å². The molecule has 0 unspecified atom stereocenters. The number of halogens is 1. The number of aromatic nitrogens is 2. The summed E-state index contributed by atoms with van der Waals surface area (Å²) in [6.07, 6.45) is 0. The Morgan fingerprint density at radius 1 is 1.12 bits per heavy atom. The lowest BCUT2D eigenvalue weighted by molar-refractivity contribution is -0.383. The Morgan fingerprint density at radius 2 is 1.88 bits per heavy atom. The first-order valence-electron chi connectivity index (χ1n) is 7.65. The largest absolute Gasteiger partial charge is 0.378 e. The first kappa shape index (κ1) is 17.4. The maximum Gasteiger partial charge on any atom is 0.353 e. The molecule has 132 valence electrons. The zero-order chi connectivity index (χ0) is 18.5. The van der Waals surface area contributed by atoms with Crippen LogP contribution in [-0.2, 0) is 6.54 Å². The number of anilines is 4. The van der Waals surface area contributed by atoms with Crippen LogP contribution in [0.4, 0.5) is 29.0 Å². The Bertz CT molecular complexity index is 936. The van der Waals surface area contributed by atoms with Crippen LogP contribution in [-0.4, -0.2) is 14.9 Å². The van der Waals surface area contributed by atoms with Gasteiger partial charge in [-0.2, -0.15) is 9.97 Å². The number of nitrogens with one attached hydrogen (secondary N) is 2. The molecule has 0 amide bonds. The summed E-state index contributed by atoms with van der Waals surface area (Å²) >= 11 is 5.95. The van der Waals surface area contributed by atoms with Crippen molar-refractivity contribution in [3.05, 3.63) is 75.3 Å². The van der Waals surface area contributed by atoms with Crippen LogP contribution in [0.2, 0.25) is 5.02 Å². The van der Waals surface area contributed by atoms with Crippen LogP contribution in [0.25, 0.3) is 0 Å². The summed E-state index contributed by atoms with van der Waals surface area (Å²) in [4.78, 5) is 18.9. The van der Waals surface area contributed by atoms with E-state index in [0.29, 0.717) is 17.3 Å². The van der Waals surface area contributed by atoms with E-state index in [0.717, 1.165) is 5.56 Å². The van der Waals surface area contributed by atoms with Crippen LogP contribution in [0.1, 0.15) is 5.56 Å². The molecule has 0 fully saturated rings. The van der Waals surface area contributed by atoms with Gasteiger partial charge in [0.2, 0.25) is 17.6 Å². The van der Waals surface area contributed by atoms with Crippen molar-refractivity contribution >= 4 is 40.6 Å². The highest BCUT2D eigenvalue weighted by atomic mass is 35.5. The van der Waals surface area contributed by atoms with Gasteiger partial charge in [0, 0.05) is 17.3 Å². The molecule has 0 saturated carbocycles. The molecule has 0 atom stereocenters. The Morgan fingerprint density at radius 3 is 2.58 bits per heavy atom.